The van der Waals surface area contributed by atoms with Gasteiger partial charge in [-0.15, -0.1) is 12.4 Å². The summed E-state index contributed by atoms with van der Waals surface area (Å²) >= 11 is 0. The molecule has 0 fully saturated rings. The topological polar surface area (TPSA) is 20.3 Å². The van der Waals surface area contributed by atoms with Crippen molar-refractivity contribution in [2.24, 2.45) is 0 Å². The van der Waals surface area contributed by atoms with Gasteiger partial charge in [-0.25, -0.2) is 0 Å². The molecule has 0 heterocycles. The molecule has 1 amide bonds. The first-order valence-corrected chi connectivity index (χ1v) is 6.95. The van der Waals surface area contributed by atoms with Crippen molar-refractivity contribution >= 4 is 18.3 Å². The summed E-state index contributed by atoms with van der Waals surface area (Å²) in [4.78, 5) is 14.6. The molecule has 0 saturated heterocycles. The van der Waals surface area contributed by atoms with Gasteiger partial charge in [0.25, 0.3) is 0 Å². The molecule has 0 unspecified atom stereocenters. The highest BCUT2D eigenvalue weighted by Gasteiger charge is 2.41. The number of benzene rings is 2. The minimum atomic E-state index is -0.605. The van der Waals surface area contributed by atoms with Crippen LogP contribution < -0.4 is 0 Å². The van der Waals surface area contributed by atoms with Crippen LogP contribution in [-0.4, -0.2) is 24.9 Å². The van der Waals surface area contributed by atoms with Gasteiger partial charge in [-0.1, -0.05) is 67.6 Å². The Morgan fingerprint density at radius 3 is 1.57 bits per heavy atom. The molecule has 0 spiro atoms. The van der Waals surface area contributed by atoms with Crippen molar-refractivity contribution < 1.29 is 4.79 Å². The summed E-state index contributed by atoms with van der Waals surface area (Å²) < 4.78 is 0. The minimum Gasteiger partial charge on any atom is -0.348 e. The molecule has 21 heavy (non-hydrogen) atoms. The average Bonchev–Trinajstić information content (AvgIpc) is 2.50. The normalized spacial score (nSPS) is 10.6. The van der Waals surface area contributed by atoms with Gasteiger partial charge in [-0.3, -0.25) is 4.79 Å². The van der Waals surface area contributed by atoms with E-state index in [9.17, 15) is 4.79 Å². The molecule has 0 radical (unpaired) electrons. The van der Waals surface area contributed by atoms with E-state index < -0.39 is 5.41 Å². The van der Waals surface area contributed by atoms with Crippen molar-refractivity contribution in [1.82, 2.24) is 4.90 Å². The van der Waals surface area contributed by atoms with Crippen LogP contribution in [0.2, 0.25) is 0 Å². The lowest BCUT2D eigenvalue weighted by atomic mass is 9.71. The number of hydrogen-bond acceptors (Lipinski definition) is 1. The second-order valence-electron chi connectivity index (χ2n) is 5.19. The Morgan fingerprint density at radius 2 is 1.29 bits per heavy atom. The van der Waals surface area contributed by atoms with Crippen LogP contribution in [0.1, 0.15) is 24.5 Å². The maximum atomic E-state index is 12.9. The van der Waals surface area contributed by atoms with Gasteiger partial charge < -0.3 is 4.90 Å². The van der Waals surface area contributed by atoms with Crippen molar-refractivity contribution in [1.29, 1.82) is 0 Å². The van der Waals surface area contributed by atoms with Crippen molar-refractivity contribution in [3.8, 4) is 0 Å². The predicted octanol–water partition coefficient (Wildman–Crippen LogP) is 3.89. The number of carbonyl (C=O) groups is 1. The first kappa shape index (κ1) is 17.3. The molecule has 0 aromatic heterocycles. The lowest BCUT2D eigenvalue weighted by Crippen LogP contribution is -2.44. The zero-order valence-corrected chi connectivity index (χ0v) is 13.6. The third-order valence-corrected chi connectivity index (χ3v) is 3.83. The Labute approximate surface area is 133 Å². The van der Waals surface area contributed by atoms with E-state index >= 15 is 0 Å². The second-order valence-corrected chi connectivity index (χ2v) is 5.19. The maximum absolute atomic E-state index is 12.9. The first-order chi connectivity index (χ1) is 9.63. The summed E-state index contributed by atoms with van der Waals surface area (Å²) in [5.41, 5.74) is 1.49. The number of rotatable bonds is 4. The van der Waals surface area contributed by atoms with Crippen LogP contribution in [-0.2, 0) is 10.2 Å². The summed E-state index contributed by atoms with van der Waals surface area (Å²) in [6.45, 7) is 2.07. The van der Waals surface area contributed by atoms with Gasteiger partial charge in [0.15, 0.2) is 0 Å². The van der Waals surface area contributed by atoms with E-state index in [-0.39, 0.29) is 18.3 Å². The van der Waals surface area contributed by atoms with Crippen LogP contribution in [0.25, 0.3) is 0 Å². The molecule has 2 nitrogen and oxygen atoms in total. The number of amides is 1. The van der Waals surface area contributed by atoms with Gasteiger partial charge >= 0.3 is 0 Å². The number of halogens is 1. The van der Waals surface area contributed by atoms with Gasteiger partial charge in [0.05, 0.1) is 5.41 Å². The lowest BCUT2D eigenvalue weighted by molar-refractivity contribution is -0.133. The van der Waals surface area contributed by atoms with E-state index in [4.69, 9.17) is 0 Å². The van der Waals surface area contributed by atoms with Crippen LogP contribution in [0.5, 0.6) is 0 Å². The summed E-state index contributed by atoms with van der Waals surface area (Å²) in [5.74, 6) is 0.123. The largest absolute Gasteiger partial charge is 0.348 e. The Kier molecular flexibility index (Phi) is 5.98. The summed E-state index contributed by atoms with van der Waals surface area (Å²) in [6, 6.07) is 20.1. The monoisotopic (exact) mass is 303 g/mol. The second kappa shape index (κ2) is 7.28. The Balaban J connectivity index is 0.00000220. The fraction of sp³-hybridized carbons (Fsp3) is 0.278. The Hall–Kier alpha value is -1.80. The standard InChI is InChI=1S/C18H21NO.ClH/c1-4-18(17(20)19(2)3,15-11-7-5-8-12-15)16-13-9-6-10-14-16;/h5-14H,4H2,1-3H3;1H. The van der Waals surface area contributed by atoms with Gasteiger partial charge in [0.1, 0.15) is 0 Å². The van der Waals surface area contributed by atoms with Crippen molar-refractivity contribution in [3.63, 3.8) is 0 Å². The predicted molar refractivity (Wildman–Crippen MR) is 89.9 cm³/mol. The van der Waals surface area contributed by atoms with Gasteiger partial charge in [-0.2, -0.15) is 0 Å². The van der Waals surface area contributed by atoms with E-state index in [0.717, 1.165) is 17.5 Å². The zero-order valence-electron chi connectivity index (χ0n) is 12.7. The van der Waals surface area contributed by atoms with Crippen LogP contribution in [0.15, 0.2) is 60.7 Å². The van der Waals surface area contributed by atoms with Crippen LogP contribution in [0, 0.1) is 0 Å². The van der Waals surface area contributed by atoms with Gasteiger partial charge in [-0.05, 0) is 17.5 Å². The lowest BCUT2D eigenvalue weighted by Gasteiger charge is -2.35. The van der Waals surface area contributed by atoms with E-state index in [0.29, 0.717) is 0 Å². The molecular formula is C18H22ClNO. The van der Waals surface area contributed by atoms with Crippen molar-refractivity contribution in [3.05, 3.63) is 71.8 Å². The van der Waals surface area contributed by atoms with Crippen molar-refractivity contribution in [2.45, 2.75) is 18.8 Å². The highest BCUT2D eigenvalue weighted by atomic mass is 35.5. The molecular weight excluding hydrogens is 282 g/mol. The zero-order chi connectivity index (χ0) is 14.6. The number of carbonyl (C=O) groups excluding carboxylic acids is 1. The van der Waals surface area contributed by atoms with Gasteiger partial charge in [0.2, 0.25) is 5.91 Å². The molecule has 0 bridgehead atoms. The summed E-state index contributed by atoms with van der Waals surface area (Å²) in [6.07, 6.45) is 0.734. The maximum Gasteiger partial charge on any atom is 0.237 e. The Bertz CT molecular complexity index is 527. The fourth-order valence-electron chi connectivity index (χ4n) is 2.80. The number of nitrogens with zero attached hydrogens (tertiary/aromatic N) is 1. The van der Waals surface area contributed by atoms with E-state index in [1.807, 2.05) is 74.8 Å². The quantitative estimate of drug-likeness (QED) is 0.839. The van der Waals surface area contributed by atoms with Gasteiger partial charge in [0, 0.05) is 14.1 Å². The highest BCUT2D eigenvalue weighted by Crippen LogP contribution is 2.37. The molecule has 2 rings (SSSR count). The molecule has 2 aromatic rings. The molecule has 112 valence electrons. The molecule has 0 saturated carbocycles. The molecule has 0 N–H and O–H groups in total. The SMILES string of the molecule is CCC(C(=O)N(C)C)(c1ccccc1)c1ccccc1.Cl. The molecule has 3 heteroatoms. The minimum absolute atomic E-state index is 0. The van der Waals surface area contributed by atoms with Crippen LogP contribution in [0.3, 0.4) is 0 Å². The molecule has 0 aliphatic heterocycles. The third kappa shape index (κ3) is 3.11. The summed E-state index contributed by atoms with van der Waals surface area (Å²) in [7, 11) is 3.64. The molecule has 2 aromatic carbocycles. The Morgan fingerprint density at radius 1 is 0.905 bits per heavy atom. The van der Waals surface area contributed by atoms with E-state index in [1.54, 1.807) is 4.90 Å². The number of hydrogen-bond donors (Lipinski definition) is 0. The average molecular weight is 304 g/mol. The molecule has 0 aliphatic rings. The summed E-state index contributed by atoms with van der Waals surface area (Å²) in [5, 5.41) is 0. The molecule has 0 atom stereocenters. The first-order valence-electron chi connectivity index (χ1n) is 6.95. The fourth-order valence-corrected chi connectivity index (χ4v) is 2.80. The van der Waals surface area contributed by atoms with E-state index in [2.05, 4.69) is 6.92 Å². The highest BCUT2D eigenvalue weighted by molar-refractivity contribution is 5.91. The van der Waals surface area contributed by atoms with Crippen LogP contribution >= 0.6 is 12.4 Å². The third-order valence-electron chi connectivity index (χ3n) is 3.83. The number of likely N-dealkylation sites (N-methyl/N-ethyl adjacent to an activating group) is 1. The smallest absolute Gasteiger partial charge is 0.237 e. The van der Waals surface area contributed by atoms with Crippen LogP contribution in [0.4, 0.5) is 0 Å². The molecule has 0 aliphatic carbocycles. The van der Waals surface area contributed by atoms with E-state index in [1.165, 1.54) is 0 Å². The van der Waals surface area contributed by atoms with Crippen molar-refractivity contribution in [2.75, 3.05) is 14.1 Å².